The van der Waals surface area contributed by atoms with Crippen molar-refractivity contribution in [2.24, 2.45) is 0 Å². The number of urea groups is 1. The quantitative estimate of drug-likeness (QED) is 0.455. The highest BCUT2D eigenvalue weighted by molar-refractivity contribution is 5.90. The van der Waals surface area contributed by atoms with Gasteiger partial charge in [-0.05, 0) is 48.7 Å². The topological polar surface area (TPSA) is 67.2 Å². The molecule has 0 saturated heterocycles. The number of aromatic nitrogens is 1. The zero-order chi connectivity index (χ0) is 19.2. The molecule has 0 unspecified atom stereocenters. The second kappa shape index (κ2) is 8.39. The van der Waals surface area contributed by atoms with Crippen LogP contribution in [0.5, 0.6) is 0 Å². The lowest BCUT2D eigenvalue weighted by Gasteiger charge is -2.08. The van der Waals surface area contributed by atoms with Crippen LogP contribution in [0.1, 0.15) is 12.0 Å². The molecule has 0 fully saturated rings. The number of nitrogens with one attached hydrogen (secondary N) is 2. The number of para-hydroxylation sites is 2. The normalized spacial score (nSPS) is 10.7. The molecule has 1 heterocycles. The molecule has 5 nitrogen and oxygen atoms in total. The molecule has 5 heteroatoms. The first-order valence-electron chi connectivity index (χ1n) is 9.33. The Kier molecular flexibility index (Phi) is 5.33. The zero-order valence-electron chi connectivity index (χ0n) is 15.4. The minimum absolute atomic E-state index is 0.220. The molecule has 2 N–H and O–H groups in total. The van der Waals surface area contributed by atoms with Gasteiger partial charge < -0.3 is 15.1 Å². The van der Waals surface area contributed by atoms with Crippen LogP contribution in [0.25, 0.3) is 22.6 Å². The molecule has 2 amide bonds. The summed E-state index contributed by atoms with van der Waals surface area (Å²) in [4.78, 5) is 16.6. The van der Waals surface area contributed by atoms with Crippen LogP contribution in [-0.2, 0) is 6.42 Å². The first kappa shape index (κ1) is 17.8. The van der Waals surface area contributed by atoms with E-state index in [-0.39, 0.29) is 6.03 Å². The predicted molar refractivity (Wildman–Crippen MR) is 111 cm³/mol. The smallest absolute Gasteiger partial charge is 0.319 e. The number of carbonyl (C=O) groups is 1. The maximum Gasteiger partial charge on any atom is 0.319 e. The molecule has 4 rings (SSSR count). The van der Waals surface area contributed by atoms with Gasteiger partial charge >= 0.3 is 6.03 Å². The SMILES string of the molecule is O=C(NCCCc1ccccc1)Nc1cccc(-c2nc3ccccc3o2)c1. The third kappa shape index (κ3) is 4.38. The van der Waals surface area contributed by atoms with E-state index in [1.165, 1.54) is 5.56 Å². The van der Waals surface area contributed by atoms with E-state index in [1.807, 2.05) is 66.7 Å². The number of benzene rings is 3. The lowest BCUT2D eigenvalue weighted by Crippen LogP contribution is -2.29. The second-order valence-electron chi connectivity index (χ2n) is 6.54. The first-order valence-corrected chi connectivity index (χ1v) is 9.33. The monoisotopic (exact) mass is 371 g/mol. The van der Waals surface area contributed by atoms with Crippen molar-refractivity contribution in [3.63, 3.8) is 0 Å². The average molecular weight is 371 g/mol. The van der Waals surface area contributed by atoms with E-state index in [9.17, 15) is 4.79 Å². The highest BCUT2D eigenvalue weighted by Gasteiger charge is 2.09. The minimum Gasteiger partial charge on any atom is -0.436 e. The standard InChI is InChI=1S/C23H21N3O2/c27-23(24-15-7-10-17-8-2-1-3-9-17)25-19-12-6-11-18(16-19)22-26-20-13-4-5-14-21(20)28-22/h1-6,8-9,11-14,16H,7,10,15H2,(H2,24,25,27). The summed E-state index contributed by atoms with van der Waals surface area (Å²) in [5.74, 6) is 0.535. The van der Waals surface area contributed by atoms with Gasteiger partial charge in [-0.25, -0.2) is 9.78 Å². The molecule has 1 aromatic heterocycles. The molecule has 0 saturated carbocycles. The molecule has 0 aliphatic carbocycles. The third-order valence-corrected chi connectivity index (χ3v) is 4.43. The van der Waals surface area contributed by atoms with Crippen molar-refractivity contribution in [3.05, 3.63) is 84.4 Å². The van der Waals surface area contributed by atoms with Crippen LogP contribution >= 0.6 is 0 Å². The van der Waals surface area contributed by atoms with Gasteiger partial charge in [0.15, 0.2) is 5.58 Å². The van der Waals surface area contributed by atoms with E-state index in [0.717, 1.165) is 29.5 Å². The highest BCUT2D eigenvalue weighted by atomic mass is 16.3. The van der Waals surface area contributed by atoms with Gasteiger partial charge in [0.2, 0.25) is 5.89 Å². The van der Waals surface area contributed by atoms with Crippen LogP contribution in [0.2, 0.25) is 0 Å². The van der Waals surface area contributed by atoms with Crippen molar-refractivity contribution >= 4 is 22.8 Å². The van der Waals surface area contributed by atoms with Crippen LogP contribution in [0.3, 0.4) is 0 Å². The molecular formula is C23H21N3O2. The summed E-state index contributed by atoms with van der Waals surface area (Å²) in [6.45, 7) is 0.617. The van der Waals surface area contributed by atoms with E-state index in [1.54, 1.807) is 0 Å². The van der Waals surface area contributed by atoms with Gasteiger partial charge in [-0.1, -0.05) is 48.5 Å². The molecule has 0 spiro atoms. The fourth-order valence-electron chi connectivity index (χ4n) is 3.04. The summed E-state index contributed by atoms with van der Waals surface area (Å²) in [7, 11) is 0. The number of fused-ring (bicyclic) bond motifs is 1. The van der Waals surface area contributed by atoms with Crippen molar-refractivity contribution in [3.8, 4) is 11.5 Å². The Morgan fingerprint density at radius 1 is 0.929 bits per heavy atom. The summed E-state index contributed by atoms with van der Waals surface area (Å²) in [5.41, 5.74) is 4.34. The molecule has 0 bridgehead atoms. The second-order valence-corrected chi connectivity index (χ2v) is 6.54. The number of rotatable bonds is 6. The van der Waals surface area contributed by atoms with E-state index in [4.69, 9.17) is 4.42 Å². The fraction of sp³-hybridized carbons (Fsp3) is 0.130. The van der Waals surface area contributed by atoms with Gasteiger partial charge in [-0.15, -0.1) is 0 Å². The number of aryl methyl sites for hydroxylation is 1. The first-order chi connectivity index (χ1) is 13.8. The summed E-state index contributed by atoms with van der Waals surface area (Å²) >= 11 is 0. The van der Waals surface area contributed by atoms with Crippen molar-refractivity contribution in [1.82, 2.24) is 10.3 Å². The number of amides is 2. The van der Waals surface area contributed by atoms with Crippen LogP contribution < -0.4 is 10.6 Å². The Morgan fingerprint density at radius 2 is 1.75 bits per heavy atom. The summed E-state index contributed by atoms with van der Waals surface area (Å²) in [5, 5.41) is 5.76. The number of oxazole rings is 1. The van der Waals surface area contributed by atoms with E-state index < -0.39 is 0 Å². The van der Waals surface area contributed by atoms with Crippen molar-refractivity contribution in [2.45, 2.75) is 12.8 Å². The largest absolute Gasteiger partial charge is 0.436 e. The Labute approximate surface area is 163 Å². The van der Waals surface area contributed by atoms with Crippen LogP contribution in [0.4, 0.5) is 10.5 Å². The Hall–Kier alpha value is -3.60. The summed E-state index contributed by atoms with van der Waals surface area (Å²) < 4.78 is 5.80. The lowest BCUT2D eigenvalue weighted by molar-refractivity contribution is 0.252. The lowest BCUT2D eigenvalue weighted by atomic mass is 10.1. The molecule has 4 aromatic rings. The van der Waals surface area contributed by atoms with Crippen molar-refractivity contribution in [1.29, 1.82) is 0 Å². The Balaban J connectivity index is 1.33. The van der Waals surface area contributed by atoms with E-state index in [0.29, 0.717) is 18.1 Å². The average Bonchev–Trinajstić information content (AvgIpc) is 3.17. The molecule has 28 heavy (non-hydrogen) atoms. The molecule has 0 aliphatic heterocycles. The molecule has 140 valence electrons. The minimum atomic E-state index is -0.220. The Morgan fingerprint density at radius 3 is 2.61 bits per heavy atom. The van der Waals surface area contributed by atoms with Crippen molar-refractivity contribution < 1.29 is 9.21 Å². The van der Waals surface area contributed by atoms with Gasteiger partial charge in [-0.2, -0.15) is 0 Å². The van der Waals surface area contributed by atoms with Crippen LogP contribution in [0.15, 0.2) is 83.3 Å². The number of carbonyl (C=O) groups excluding carboxylic acids is 1. The number of nitrogens with zero attached hydrogens (tertiary/aromatic N) is 1. The number of hydrogen-bond donors (Lipinski definition) is 2. The summed E-state index contributed by atoms with van der Waals surface area (Å²) in [6.07, 6.45) is 1.83. The van der Waals surface area contributed by atoms with E-state index >= 15 is 0 Å². The fourth-order valence-corrected chi connectivity index (χ4v) is 3.04. The molecule has 0 radical (unpaired) electrons. The highest BCUT2D eigenvalue weighted by Crippen LogP contribution is 2.25. The van der Waals surface area contributed by atoms with Gasteiger partial charge in [0.25, 0.3) is 0 Å². The molecule has 0 aliphatic rings. The predicted octanol–water partition coefficient (Wildman–Crippen LogP) is 5.25. The van der Waals surface area contributed by atoms with Gasteiger partial charge in [0.1, 0.15) is 5.52 Å². The molecule has 0 atom stereocenters. The van der Waals surface area contributed by atoms with Crippen LogP contribution in [-0.4, -0.2) is 17.6 Å². The van der Waals surface area contributed by atoms with Gasteiger partial charge in [0, 0.05) is 17.8 Å². The van der Waals surface area contributed by atoms with Gasteiger partial charge in [0.05, 0.1) is 0 Å². The summed E-state index contributed by atoms with van der Waals surface area (Å²) in [6, 6.07) is 25.1. The zero-order valence-corrected chi connectivity index (χ0v) is 15.4. The van der Waals surface area contributed by atoms with E-state index in [2.05, 4.69) is 27.8 Å². The maximum absolute atomic E-state index is 12.2. The third-order valence-electron chi connectivity index (χ3n) is 4.43. The van der Waals surface area contributed by atoms with Crippen LogP contribution in [0, 0.1) is 0 Å². The maximum atomic E-state index is 12.2. The molecular weight excluding hydrogens is 350 g/mol. The number of hydrogen-bond acceptors (Lipinski definition) is 3. The number of anilines is 1. The van der Waals surface area contributed by atoms with Gasteiger partial charge in [-0.3, -0.25) is 0 Å². The Bertz CT molecular complexity index is 1040. The molecule has 3 aromatic carbocycles. The van der Waals surface area contributed by atoms with Crippen molar-refractivity contribution in [2.75, 3.05) is 11.9 Å².